The Balaban J connectivity index is 2.71. The highest BCUT2D eigenvalue weighted by Crippen LogP contribution is 2.12. The maximum absolute atomic E-state index is 9.19. The van der Waals surface area contributed by atoms with Crippen LogP contribution in [0.3, 0.4) is 0 Å². The monoisotopic (exact) mass is 167 g/mol. The molecule has 1 unspecified atom stereocenters. The Kier molecular flexibility index (Phi) is 3.22. The number of aliphatic hydroxyl groups is 1. The fraction of sp³-hybridized carbons (Fsp3) is 0.333. The Bertz CT molecular complexity index is 231. The van der Waals surface area contributed by atoms with Crippen LogP contribution in [0.2, 0.25) is 0 Å². The maximum atomic E-state index is 9.19. The first kappa shape index (κ1) is 9.19. The quantitative estimate of drug-likeness (QED) is 0.663. The molecule has 0 aromatic heterocycles. The molecule has 0 heterocycles. The maximum Gasteiger partial charge on any atom is 0.0930 e. The first-order chi connectivity index (χ1) is 5.74. The Labute approximate surface area is 71.7 Å². The summed E-state index contributed by atoms with van der Waals surface area (Å²) in [6, 6.07) is 7.49. The molecule has 3 N–H and O–H groups in total. The van der Waals surface area contributed by atoms with E-state index >= 15 is 0 Å². The largest absolute Gasteiger partial charge is 0.389 e. The van der Waals surface area contributed by atoms with Gasteiger partial charge >= 0.3 is 0 Å². The van der Waals surface area contributed by atoms with Crippen LogP contribution < -0.4 is 5.90 Å². The van der Waals surface area contributed by atoms with E-state index < -0.39 is 6.10 Å². The molecule has 1 rings (SSSR count). The van der Waals surface area contributed by atoms with Gasteiger partial charge in [-0.3, -0.25) is 4.84 Å². The summed E-state index contributed by atoms with van der Waals surface area (Å²) in [5, 5.41) is 9.19. The zero-order valence-corrected chi connectivity index (χ0v) is 7.03. The predicted octanol–water partition coefficient (Wildman–Crippen LogP) is 1.13. The molecule has 0 aliphatic carbocycles. The molecule has 0 saturated heterocycles. The molecule has 0 saturated carbocycles. The van der Waals surface area contributed by atoms with Gasteiger partial charge in [0.2, 0.25) is 0 Å². The molecule has 0 aliphatic heterocycles. The number of rotatable bonds is 3. The van der Waals surface area contributed by atoms with Gasteiger partial charge in [0.1, 0.15) is 0 Å². The number of benzene rings is 1. The van der Waals surface area contributed by atoms with Crippen LogP contribution in [0.4, 0.5) is 0 Å². The van der Waals surface area contributed by atoms with Crippen molar-refractivity contribution in [3.8, 4) is 0 Å². The molecule has 1 atom stereocenters. The van der Waals surface area contributed by atoms with Gasteiger partial charge in [-0.15, -0.1) is 0 Å². The van der Waals surface area contributed by atoms with Crippen LogP contribution in [0.5, 0.6) is 0 Å². The lowest BCUT2D eigenvalue weighted by Crippen LogP contribution is -1.99. The minimum Gasteiger partial charge on any atom is -0.389 e. The van der Waals surface area contributed by atoms with Crippen molar-refractivity contribution < 1.29 is 9.94 Å². The normalized spacial score (nSPS) is 12.9. The van der Waals surface area contributed by atoms with Crippen molar-refractivity contribution in [1.29, 1.82) is 0 Å². The van der Waals surface area contributed by atoms with Crippen molar-refractivity contribution >= 4 is 0 Å². The molecule has 1 aromatic carbocycles. The van der Waals surface area contributed by atoms with Gasteiger partial charge < -0.3 is 5.11 Å². The van der Waals surface area contributed by atoms with Gasteiger partial charge in [-0.2, -0.15) is 0 Å². The van der Waals surface area contributed by atoms with Crippen molar-refractivity contribution in [3.05, 3.63) is 35.4 Å². The predicted molar refractivity (Wildman–Crippen MR) is 46.1 cm³/mol. The zero-order valence-electron chi connectivity index (χ0n) is 7.03. The van der Waals surface area contributed by atoms with Gasteiger partial charge in [0, 0.05) is 0 Å². The second-order valence-corrected chi connectivity index (χ2v) is 2.73. The summed E-state index contributed by atoms with van der Waals surface area (Å²) in [7, 11) is 0. The van der Waals surface area contributed by atoms with Crippen molar-refractivity contribution in [2.75, 3.05) is 0 Å². The molecule has 0 bridgehead atoms. The summed E-state index contributed by atoms with van der Waals surface area (Å²) >= 11 is 0. The van der Waals surface area contributed by atoms with E-state index in [2.05, 4.69) is 4.84 Å². The standard InChI is InChI=1S/C9H13NO2/c1-7(11)9-4-2-8(3-5-9)6-12-10/h2-5,7,11H,6,10H2,1H3. The summed E-state index contributed by atoms with van der Waals surface area (Å²) in [6.45, 7) is 2.13. The molecule has 0 radical (unpaired) electrons. The van der Waals surface area contributed by atoms with Crippen LogP contribution in [0.15, 0.2) is 24.3 Å². The number of aliphatic hydroxyl groups excluding tert-OH is 1. The summed E-state index contributed by atoms with van der Waals surface area (Å²) < 4.78 is 0. The second kappa shape index (κ2) is 4.21. The van der Waals surface area contributed by atoms with Crippen LogP contribution in [-0.4, -0.2) is 5.11 Å². The number of nitrogens with two attached hydrogens (primary N) is 1. The Morgan fingerprint density at radius 2 is 2.00 bits per heavy atom. The van der Waals surface area contributed by atoms with E-state index in [0.29, 0.717) is 6.61 Å². The van der Waals surface area contributed by atoms with E-state index in [1.807, 2.05) is 24.3 Å². The summed E-state index contributed by atoms with van der Waals surface area (Å²) in [5.74, 6) is 4.91. The fourth-order valence-electron chi connectivity index (χ4n) is 0.989. The number of hydrogen-bond donors (Lipinski definition) is 2. The third-order valence-corrected chi connectivity index (χ3v) is 1.71. The molecule has 12 heavy (non-hydrogen) atoms. The first-order valence-electron chi connectivity index (χ1n) is 3.82. The van der Waals surface area contributed by atoms with E-state index in [-0.39, 0.29) is 0 Å². The van der Waals surface area contributed by atoms with Crippen molar-refractivity contribution in [2.45, 2.75) is 19.6 Å². The average molecular weight is 167 g/mol. The van der Waals surface area contributed by atoms with Gasteiger partial charge in [0.05, 0.1) is 12.7 Å². The Morgan fingerprint density at radius 1 is 1.42 bits per heavy atom. The van der Waals surface area contributed by atoms with Crippen LogP contribution in [0, 0.1) is 0 Å². The van der Waals surface area contributed by atoms with Gasteiger partial charge in [0.25, 0.3) is 0 Å². The van der Waals surface area contributed by atoms with Crippen molar-refractivity contribution in [1.82, 2.24) is 0 Å². The Hall–Kier alpha value is -0.900. The number of hydrogen-bond acceptors (Lipinski definition) is 3. The summed E-state index contributed by atoms with van der Waals surface area (Å²) in [6.07, 6.45) is -0.419. The van der Waals surface area contributed by atoms with Crippen LogP contribution in [0.1, 0.15) is 24.2 Å². The second-order valence-electron chi connectivity index (χ2n) is 2.73. The zero-order chi connectivity index (χ0) is 8.97. The first-order valence-corrected chi connectivity index (χ1v) is 3.82. The van der Waals surface area contributed by atoms with Gasteiger partial charge in [0.15, 0.2) is 0 Å². The lowest BCUT2D eigenvalue weighted by Gasteiger charge is -2.04. The Morgan fingerprint density at radius 3 is 2.42 bits per heavy atom. The molecule has 0 spiro atoms. The third kappa shape index (κ3) is 2.30. The van der Waals surface area contributed by atoms with E-state index in [1.54, 1.807) is 6.92 Å². The molecule has 66 valence electrons. The van der Waals surface area contributed by atoms with Crippen LogP contribution >= 0.6 is 0 Å². The topological polar surface area (TPSA) is 55.5 Å². The SMILES string of the molecule is CC(O)c1ccc(CON)cc1. The molecule has 0 aliphatic rings. The van der Waals surface area contributed by atoms with Gasteiger partial charge in [-0.05, 0) is 18.1 Å². The lowest BCUT2D eigenvalue weighted by molar-refractivity contribution is 0.124. The third-order valence-electron chi connectivity index (χ3n) is 1.71. The molecule has 0 fully saturated rings. The molecule has 0 amide bonds. The minimum atomic E-state index is -0.419. The average Bonchev–Trinajstić information content (AvgIpc) is 2.06. The molecule has 3 nitrogen and oxygen atoms in total. The smallest absolute Gasteiger partial charge is 0.0930 e. The van der Waals surface area contributed by atoms with Gasteiger partial charge in [-0.25, -0.2) is 5.90 Å². The molecule has 1 aromatic rings. The van der Waals surface area contributed by atoms with E-state index in [1.165, 1.54) is 0 Å². The van der Waals surface area contributed by atoms with E-state index in [4.69, 9.17) is 5.90 Å². The summed E-state index contributed by atoms with van der Waals surface area (Å²) in [4.78, 5) is 4.47. The molecule has 3 heteroatoms. The van der Waals surface area contributed by atoms with Crippen LogP contribution in [-0.2, 0) is 11.4 Å². The lowest BCUT2D eigenvalue weighted by atomic mass is 10.1. The highest BCUT2D eigenvalue weighted by molar-refractivity contribution is 5.23. The van der Waals surface area contributed by atoms with E-state index in [9.17, 15) is 5.11 Å². The molecular formula is C9H13NO2. The van der Waals surface area contributed by atoms with Crippen molar-refractivity contribution in [2.24, 2.45) is 5.90 Å². The molecular weight excluding hydrogens is 154 g/mol. The fourth-order valence-corrected chi connectivity index (χ4v) is 0.989. The van der Waals surface area contributed by atoms with Crippen molar-refractivity contribution in [3.63, 3.8) is 0 Å². The summed E-state index contributed by atoms with van der Waals surface area (Å²) in [5.41, 5.74) is 1.90. The highest BCUT2D eigenvalue weighted by Gasteiger charge is 1.99. The minimum absolute atomic E-state index is 0.403. The highest BCUT2D eigenvalue weighted by atomic mass is 16.6. The van der Waals surface area contributed by atoms with Crippen LogP contribution in [0.25, 0.3) is 0 Å². The van der Waals surface area contributed by atoms with Gasteiger partial charge in [-0.1, -0.05) is 24.3 Å². The van der Waals surface area contributed by atoms with E-state index in [0.717, 1.165) is 11.1 Å².